The Labute approximate surface area is 157 Å². The summed E-state index contributed by atoms with van der Waals surface area (Å²) in [4.78, 5) is 4.23. The molecular weight excluding hydrogens is 477 g/mol. The third-order valence-electron chi connectivity index (χ3n) is 3.80. The molecule has 0 spiro atoms. The van der Waals surface area contributed by atoms with Gasteiger partial charge in [-0.3, -0.25) is 0 Å². The van der Waals surface area contributed by atoms with Crippen molar-refractivity contribution in [1.29, 1.82) is 0 Å². The van der Waals surface area contributed by atoms with Crippen molar-refractivity contribution < 1.29 is 12.2 Å². The van der Waals surface area contributed by atoms with E-state index < -0.39 is 13.9 Å². The predicted molar refractivity (Wildman–Crippen MR) is 104 cm³/mol. The van der Waals surface area contributed by atoms with Crippen LogP contribution < -0.4 is 7.80 Å². The van der Waals surface area contributed by atoms with Gasteiger partial charge in [0, 0.05) is 6.20 Å². The monoisotopic (exact) mass is 501 g/mol. The molecule has 0 aliphatic heterocycles. The molecule has 1 aromatic heterocycles. The first-order valence-electron chi connectivity index (χ1n) is 7.16. The fraction of sp³-hybridized carbons (Fsp3) is 0.667. The van der Waals surface area contributed by atoms with E-state index in [0.717, 1.165) is 4.47 Å². The van der Waals surface area contributed by atoms with Crippen LogP contribution in [0.4, 0.5) is 0 Å². The number of rotatable bonds is 6. The molecule has 7 heteroatoms. The number of aromatic nitrogens is 1. The molecule has 0 amide bonds. The van der Waals surface area contributed by atoms with Crippen LogP contribution >= 0.6 is 38.9 Å². The first-order chi connectivity index (χ1) is 9.89. The van der Waals surface area contributed by atoms with Crippen LogP contribution in [0, 0.1) is 0 Å². The molecule has 0 saturated carbocycles. The molecule has 0 aromatic carbocycles. The summed E-state index contributed by atoms with van der Waals surface area (Å²) in [5, 5.41) is 0.161. The van der Waals surface area contributed by atoms with Crippen molar-refractivity contribution in [2.75, 3.05) is 6.61 Å². The summed E-state index contributed by atoms with van der Waals surface area (Å²) < 4.78 is 18.4. The fourth-order valence-corrected chi connectivity index (χ4v) is 4.54. The highest BCUT2D eigenvalue weighted by Crippen LogP contribution is 2.40. The Kier molecular flexibility index (Phi) is 6.75. The van der Waals surface area contributed by atoms with Gasteiger partial charge < -0.3 is 12.2 Å². The van der Waals surface area contributed by atoms with Gasteiger partial charge in [0.15, 0.2) is 31.3 Å². The molecule has 1 rings (SSSR count). The topological polar surface area (TPSA) is 40.6 Å². The van der Waals surface area contributed by atoms with Crippen LogP contribution in [0.3, 0.4) is 0 Å². The Hall–Kier alpha value is 0.137. The lowest BCUT2D eigenvalue weighted by atomic mass is 10.2. The number of pyridine rings is 1. The molecule has 0 bridgehead atoms. The number of hydrogen-bond acceptors (Lipinski definition) is 4. The van der Waals surface area contributed by atoms with Crippen LogP contribution in [0.2, 0.25) is 18.1 Å². The second-order valence-corrected chi connectivity index (χ2v) is 13.4. The molecule has 4 nitrogen and oxygen atoms in total. The standard InChI is InChI=1S/C15H25BrINO3Si/c1-14(2,3)22(6,7)21-15(4,5)10-19-13-12(20-17)11(16)8-9-18-13/h8-9H,10H2,1-7H3. The number of halogens is 2. The predicted octanol–water partition coefficient (Wildman–Crippen LogP) is 5.75. The summed E-state index contributed by atoms with van der Waals surface area (Å²) in [6.45, 7) is 15.7. The maximum Gasteiger partial charge on any atom is 0.259 e. The maximum atomic E-state index is 6.45. The largest absolute Gasteiger partial charge is 0.472 e. The molecule has 0 atom stereocenters. The minimum Gasteiger partial charge on any atom is -0.472 e. The summed E-state index contributed by atoms with van der Waals surface area (Å²) >= 11 is 5.25. The normalized spacial score (nSPS) is 13.1. The summed E-state index contributed by atoms with van der Waals surface area (Å²) in [6.07, 6.45) is 1.68. The zero-order chi connectivity index (χ0) is 17.2. The summed E-state index contributed by atoms with van der Waals surface area (Å²) in [5.74, 6) is 1.06. The molecule has 1 heterocycles. The van der Waals surface area contributed by atoms with Crippen LogP contribution in [-0.2, 0) is 4.43 Å². The average Bonchev–Trinajstić information content (AvgIpc) is 2.34. The lowest BCUT2D eigenvalue weighted by molar-refractivity contribution is 0.0370. The number of nitrogens with zero attached hydrogens (tertiary/aromatic N) is 1. The van der Waals surface area contributed by atoms with E-state index >= 15 is 0 Å². The minimum absolute atomic E-state index is 0.161. The molecular formula is C15H25BrINO3Si. The Morgan fingerprint density at radius 2 is 1.82 bits per heavy atom. The molecule has 0 unspecified atom stereocenters. The zero-order valence-corrected chi connectivity index (χ0v) is 19.0. The molecule has 0 N–H and O–H groups in total. The molecule has 0 saturated heterocycles. The van der Waals surface area contributed by atoms with Crippen molar-refractivity contribution in [3.63, 3.8) is 0 Å². The van der Waals surface area contributed by atoms with Gasteiger partial charge in [-0.1, -0.05) is 20.8 Å². The van der Waals surface area contributed by atoms with Crippen LogP contribution in [0.25, 0.3) is 0 Å². The highest BCUT2D eigenvalue weighted by molar-refractivity contribution is 14.1. The smallest absolute Gasteiger partial charge is 0.259 e. The van der Waals surface area contributed by atoms with Crippen molar-refractivity contribution in [3.05, 3.63) is 16.7 Å². The van der Waals surface area contributed by atoms with E-state index in [1.807, 2.05) is 29.1 Å². The number of ether oxygens (including phenoxy) is 1. The summed E-state index contributed by atoms with van der Waals surface area (Å²) in [6, 6.07) is 1.82. The van der Waals surface area contributed by atoms with Crippen LogP contribution in [0.1, 0.15) is 34.6 Å². The van der Waals surface area contributed by atoms with Crippen LogP contribution in [0.5, 0.6) is 11.6 Å². The van der Waals surface area contributed by atoms with Gasteiger partial charge >= 0.3 is 0 Å². The zero-order valence-electron chi connectivity index (χ0n) is 14.3. The van der Waals surface area contributed by atoms with Gasteiger partial charge in [0.05, 0.1) is 10.1 Å². The first-order valence-corrected chi connectivity index (χ1v) is 11.7. The maximum absolute atomic E-state index is 6.45. The third kappa shape index (κ3) is 5.35. The Morgan fingerprint density at radius 3 is 2.32 bits per heavy atom. The Morgan fingerprint density at radius 1 is 1.23 bits per heavy atom. The van der Waals surface area contributed by atoms with Crippen molar-refractivity contribution in [2.24, 2.45) is 0 Å². The van der Waals surface area contributed by atoms with Crippen LogP contribution in [-0.4, -0.2) is 25.5 Å². The molecule has 22 heavy (non-hydrogen) atoms. The first kappa shape index (κ1) is 20.2. The average molecular weight is 502 g/mol. The highest BCUT2D eigenvalue weighted by Gasteiger charge is 2.41. The molecule has 0 fully saturated rings. The lowest BCUT2D eigenvalue weighted by Gasteiger charge is -2.42. The molecule has 1 aromatic rings. The highest BCUT2D eigenvalue weighted by atomic mass is 127. The van der Waals surface area contributed by atoms with Gasteiger partial charge in [-0.05, 0) is 54.0 Å². The van der Waals surface area contributed by atoms with Gasteiger partial charge in [0.25, 0.3) is 5.88 Å². The van der Waals surface area contributed by atoms with E-state index in [1.165, 1.54) is 0 Å². The van der Waals surface area contributed by atoms with Gasteiger partial charge in [-0.2, -0.15) is 0 Å². The van der Waals surface area contributed by atoms with Crippen molar-refractivity contribution >= 4 is 47.3 Å². The SMILES string of the molecule is CC(C)(COc1nccc(Br)c1OI)O[Si](C)(C)C(C)(C)C. The molecule has 126 valence electrons. The summed E-state index contributed by atoms with van der Waals surface area (Å²) in [5.41, 5.74) is -0.393. The van der Waals surface area contributed by atoms with E-state index in [2.05, 4.69) is 68.6 Å². The van der Waals surface area contributed by atoms with E-state index in [0.29, 0.717) is 18.2 Å². The van der Waals surface area contributed by atoms with E-state index in [-0.39, 0.29) is 5.04 Å². The van der Waals surface area contributed by atoms with Crippen molar-refractivity contribution in [1.82, 2.24) is 4.98 Å². The Balaban J connectivity index is 2.81. The molecule has 0 aliphatic carbocycles. The van der Waals surface area contributed by atoms with Crippen LogP contribution in [0.15, 0.2) is 16.7 Å². The fourth-order valence-electron chi connectivity index (χ4n) is 1.69. The van der Waals surface area contributed by atoms with E-state index in [9.17, 15) is 0 Å². The lowest BCUT2D eigenvalue weighted by Crippen LogP contribution is -2.49. The third-order valence-corrected chi connectivity index (χ3v) is 9.54. The Bertz CT molecular complexity index is 518. The van der Waals surface area contributed by atoms with E-state index in [4.69, 9.17) is 12.2 Å². The molecule has 0 radical (unpaired) electrons. The quantitative estimate of drug-likeness (QED) is 0.367. The second kappa shape index (κ2) is 7.35. The van der Waals surface area contributed by atoms with Gasteiger partial charge in [-0.25, -0.2) is 4.98 Å². The van der Waals surface area contributed by atoms with Gasteiger partial charge in [0.2, 0.25) is 5.75 Å². The van der Waals surface area contributed by atoms with Gasteiger partial charge in [-0.15, -0.1) is 0 Å². The minimum atomic E-state index is -1.85. The summed E-state index contributed by atoms with van der Waals surface area (Å²) in [7, 11) is -1.85. The second-order valence-electron chi connectivity index (χ2n) is 7.41. The van der Waals surface area contributed by atoms with E-state index in [1.54, 1.807) is 6.20 Å². The van der Waals surface area contributed by atoms with Gasteiger partial charge in [0.1, 0.15) is 6.61 Å². The van der Waals surface area contributed by atoms with Crippen molar-refractivity contribution in [2.45, 2.75) is 58.4 Å². The molecule has 0 aliphatic rings. The number of hydrogen-bond donors (Lipinski definition) is 0. The van der Waals surface area contributed by atoms with Crippen molar-refractivity contribution in [3.8, 4) is 11.6 Å².